The van der Waals surface area contributed by atoms with Crippen molar-refractivity contribution in [1.29, 1.82) is 5.26 Å². The van der Waals surface area contributed by atoms with E-state index in [-0.39, 0.29) is 0 Å². The molecule has 0 N–H and O–H groups in total. The zero-order valence-corrected chi connectivity index (χ0v) is 9.56. The van der Waals surface area contributed by atoms with E-state index in [1.165, 1.54) is 7.11 Å². The lowest BCUT2D eigenvalue weighted by atomic mass is 10.1. The third-order valence-electron chi connectivity index (χ3n) is 2.39. The summed E-state index contributed by atoms with van der Waals surface area (Å²) >= 11 is 0. The van der Waals surface area contributed by atoms with Crippen LogP contribution in [-0.2, 0) is 0 Å². The minimum atomic E-state index is 0.494. The second kappa shape index (κ2) is 4.62. The summed E-state index contributed by atoms with van der Waals surface area (Å²) in [5, 5.41) is 8.97. The van der Waals surface area contributed by atoms with Crippen LogP contribution < -0.4 is 9.47 Å². The average molecular weight is 229 g/mol. The molecule has 0 aliphatic rings. The maximum absolute atomic E-state index is 8.97. The Balaban J connectivity index is 2.68. The fraction of sp³-hybridized carbons (Fsp3) is 0.154. The Morgan fingerprint density at radius 3 is 2.59 bits per heavy atom. The molecule has 0 unspecified atom stereocenters. The van der Waals surface area contributed by atoms with Crippen molar-refractivity contribution in [3.63, 3.8) is 0 Å². The van der Waals surface area contributed by atoms with Gasteiger partial charge in [-0.05, 0) is 18.2 Å². The highest BCUT2D eigenvalue weighted by molar-refractivity contribution is 5.72. The van der Waals surface area contributed by atoms with Gasteiger partial charge in [-0.15, -0.1) is 0 Å². The summed E-state index contributed by atoms with van der Waals surface area (Å²) in [5.41, 5.74) is 1.20. The summed E-state index contributed by atoms with van der Waals surface area (Å²) in [4.78, 5) is 0. The molecular formula is C13H11NO3. The molecule has 1 aromatic carbocycles. The van der Waals surface area contributed by atoms with E-state index in [0.29, 0.717) is 28.4 Å². The van der Waals surface area contributed by atoms with Gasteiger partial charge in [0, 0.05) is 6.07 Å². The Kier molecular flexibility index (Phi) is 3.01. The van der Waals surface area contributed by atoms with Crippen LogP contribution in [-0.4, -0.2) is 14.2 Å². The van der Waals surface area contributed by atoms with Crippen LogP contribution in [0.4, 0.5) is 0 Å². The average Bonchev–Trinajstić information content (AvgIpc) is 2.90. The van der Waals surface area contributed by atoms with E-state index in [4.69, 9.17) is 19.2 Å². The third-order valence-corrected chi connectivity index (χ3v) is 2.39. The monoisotopic (exact) mass is 229 g/mol. The van der Waals surface area contributed by atoms with Crippen LogP contribution >= 0.6 is 0 Å². The Labute approximate surface area is 99.0 Å². The quantitative estimate of drug-likeness (QED) is 0.812. The summed E-state index contributed by atoms with van der Waals surface area (Å²) in [7, 11) is 3.08. The summed E-state index contributed by atoms with van der Waals surface area (Å²) in [6, 6.07) is 9.00. The molecule has 0 bridgehead atoms. The van der Waals surface area contributed by atoms with E-state index >= 15 is 0 Å². The number of nitriles is 1. The van der Waals surface area contributed by atoms with Crippen molar-refractivity contribution < 1.29 is 13.9 Å². The molecule has 1 heterocycles. The van der Waals surface area contributed by atoms with Gasteiger partial charge in [0.1, 0.15) is 5.76 Å². The van der Waals surface area contributed by atoms with Gasteiger partial charge in [-0.25, -0.2) is 0 Å². The van der Waals surface area contributed by atoms with E-state index < -0.39 is 0 Å². The largest absolute Gasteiger partial charge is 0.493 e. The molecule has 4 nitrogen and oxygen atoms in total. The van der Waals surface area contributed by atoms with E-state index in [1.54, 1.807) is 37.6 Å². The lowest BCUT2D eigenvalue weighted by molar-refractivity contribution is 0.355. The van der Waals surface area contributed by atoms with Gasteiger partial charge in [-0.2, -0.15) is 5.26 Å². The summed E-state index contributed by atoms with van der Waals surface area (Å²) in [6.07, 6.45) is 1.57. The molecule has 0 spiro atoms. The van der Waals surface area contributed by atoms with E-state index in [9.17, 15) is 0 Å². The van der Waals surface area contributed by atoms with E-state index in [0.717, 1.165) is 0 Å². The van der Waals surface area contributed by atoms with Crippen LogP contribution in [0.15, 0.2) is 34.9 Å². The first kappa shape index (κ1) is 11.1. The summed E-state index contributed by atoms with van der Waals surface area (Å²) in [6.45, 7) is 0. The molecule has 17 heavy (non-hydrogen) atoms. The van der Waals surface area contributed by atoms with Gasteiger partial charge in [0.15, 0.2) is 11.5 Å². The smallest absolute Gasteiger partial charge is 0.171 e. The topological polar surface area (TPSA) is 55.4 Å². The van der Waals surface area contributed by atoms with Gasteiger partial charge in [-0.1, -0.05) is 0 Å². The third kappa shape index (κ3) is 1.95. The molecule has 0 fully saturated rings. The summed E-state index contributed by atoms with van der Waals surface area (Å²) in [5.74, 6) is 1.71. The molecule has 2 rings (SSSR count). The van der Waals surface area contributed by atoms with Crippen molar-refractivity contribution in [3.05, 3.63) is 36.1 Å². The number of hydrogen-bond donors (Lipinski definition) is 0. The second-order valence-corrected chi connectivity index (χ2v) is 3.35. The minimum Gasteiger partial charge on any atom is -0.493 e. The first-order chi connectivity index (χ1) is 8.30. The van der Waals surface area contributed by atoms with Crippen LogP contribution in [0.1, 0.15) is 5.56 Å². The van der Waals surface area contributed by atoms with Gasteiger partial charge in [-0.3, -0.25) is 0 Å². The van der Waals surface area contributed by atoms with Crippen LogP contribution in [0, 0.1) is 11.3 Å². The van der Waals surface area contributed by atoms with Crippen LogP contribution in [0.25, 0.3) is 11.3 Å². The number of rotatable bonds is 3. The highest BCUT2D eigenvalue weighted by atomic mass is 16.5. The van der Waals surface area contributed by atoms with E-state index in [2.05, 4.69) is 6.07 Å². The molecule has 0 amide bonds. The highest BCUT2D eigenvalue weighted by Crippen LogP contribution is 2.39. The molecule has 0 aliphatic heterocycles. The predicted octanol–water partition coefficient (Wildman–Crippen LogP) is 2.84. The fourth-order valence-electron chi connectivity index (χ4n) is 1.64. The maximum Gasteiger partial charge on any atom is 0.171 e. The number of benzene rings is 1. The Bertz CT molecular complexity index is 553. The fourth-order valence-corrected chi connectivity index (χ4v) is 1.64. The van der Waals surface area contributed by atoms with Crippen molar-refractivity contribution in [2.75, 3.05) is 14.2 Å². The SMILES string of the molecule is COc1cc(C#N)cc(-c2ccco2)c1OC. The van der Waals surface area contributed by atoms with Crippen molar-refractivity contribution in [2.24, 2.45) is 0 Å². The zero-order valence-electron chi connectivity index (χ0n) is 9.56. The van der Waals surface area contributed by atoms with Crippen LogP contribution in [0.3, 0.4) is 0 Å². The molecule has 86 valence electrons. The van der Waals surface area contributed by atoms with Gasteiger partial charge in [0.05, 0.1) is 37.7 Å². The second-order valence-electron chi connectivity index (χ2n) is 3.35. The molecular weight excluding hydrogens is 218 g/mol. The zero-order chi connectivity index (χ0) is 12.3. The van der Waals surface area contributed by atoms with Gasteiger partial charge >= 0.3 is 0 Å². The number of nitrogens with zero attached hydrogens (tertiary/aromatic N) is 1. The van der Waals surface area contributed by atoms with Gasteiger partial charge < -0.3 is 13.9 Å². The Morgan fingerprint density at radius 2 is 2.06 bits per heavy atom. The maximum atomic E-state index is 8.97. The molecule has 1 aromatic heterocycles. The van der Waals surface area contributed by atoms with E-state index in [1.807, 2.05) is 0 Å². The van der Waals surface area contributed by atoms with Crippen LogP contribution in [0.5, 0.6) is 11.5 Å². The summed E-state index contributed by atoms with van der Waals surface area (Å²) < 4.78 is 15.8. The molecule has 0 aliphatic carbocycles. The highest BCUT2D eigenvalue weighted by Gasteiger charge is 2.15. The first-order valence-electron chi connectivity index (χ1n) is 5.00. The number of hydrogen-bond acceptors (Lipinski definition) is 4. The van der Waals surface area contributed by atoms with Crippen molar-refractivity contribution in [1.82, 2.24) is 0 Å². The van der Waals surface area contributed by atoms with Crippen molar-refractivity contribution >= 4 is 0 Å². The molecule has 0 radical (unpaired) electrons. The molecule has 2 aromatic rings. The van der Waals surface area contributed by atoms with Crippen molar-refractivity contribution in [3.8, 4) is 28.9 Å². The molecule has 0 saturated heterocycles. The molecule has 4 heteroatoms. The lowest BCUT2D eigenvalue weighted by Crippen LogP contribution is -1.94. The minimum absolute atomic E-state index is 0.494. The van der Waals surface area contributed by atoms with Gasteiger partial charge in [0.25, 0.3) is 0 Å². The normalized spacial score (nSPS) is 9.71. The van der Waals surface area contributed by atoms with Crippen molar-refractivity contribution in [2.45, 2.75) is 0 Å². The molecule has 0 saturated carbocycles. The number of ether oxygens (including phenoxy) is 2. The van der Waals surface area contributed by atoms with Crippen LogP contribution in [0.2, 0.25) is 0 Å². The Hall–Kier alpha value is -2.41. The first-order valence-corrected chi connectivity index (χ1v) is 5.00. The number of methoxy groups -OCH3 is 2. The lowest BCUT2D eigenvalue weighted by Gasteiger charge is -2.11. The molecule has 0 atom stereocenters. The van der Waals surface area contributed by atoms with Gasteiger partial charge in [0.2, 0.25) is 0 Å². The standard InChI is InChI=1S/C13H11NO3/c1-15-12-7-9(8-14)6-10(13(12)16-2)11-4-3-5-17-11/h3-7H,1-2H3. The Morgan fingerprint density at radius 1 is 1.24 bits per heavy atom. The number of furan rings is 1. The predicted molar refractivity (Wildman–Crippen MR) is 62.0 cm³/mol.